The molecule has 2 heterocycles. The third-order valence-electron chi connectivity index (χ3n) is 4.27. The number of hydrogen-bond acceptors (Lipinski definition) is 5. The molecule has 1 amide bonds. The summed E-state index contributed by atoms with van der Waals surface area (Å²) >= 11 is 7.34. The lowest BCUT2D eigenvalue weighted by Crippen LogP contribution is -2.13. The van der Waals surface area contributed by atoms with Gasteiger partial charge in [0, 0.05) is 22.4 Å². The fourth-order valence-corrected chi connectivity index (χ4v) is 3.82. The Labute approximate surface area is 170 Å². The molecule has 0 radical (unpaired) electrons. The number of nitrogens with one attached hydrogen (secondary N) is 1. The molecule has 4 aromatic rings. The van der Waals surface area contributed by atoms with E-state index in [1.54, 1.807) is 11.6 Å². The largest absolute Gasteiger partial charge is 0.496 e. The summed E-state index contributed by atoms with van der Waals surface area (Å²) in [6, 6.07) is 15.2. The molecule has 8 heteroatoms. The Morgan fingerprint density at radius 2 is 2.00 bits per heavy atom. The van der Waals surface area contributed by atoms with Crippen LogP contribution >= 0.6 is 22.9 Å². The number of rotatable bonds is 6. The second-order valence-electron chi connectivity index (χ2n) is 6.13. The van der Waals surface area contributed by atoms with Crippen molar-refractivity contribution in [1.82, 2.24) is 14.6 Å². The molecule has 4 rings (SSSR count). The van der Waals surface area contributed by atoms with Gasteiger partial charge in [0.15, 0.2) is 0 Å². The van der Waals surface area contributed by atoms with E-state index in [4.69, 9.17) is 16.3 Å². The molecule has 0 saturated heterocycles. The molecule has 28 heavy (non-hydrogen) atoms. The van der Waals surface area contributed by atoms with Crippen molar-refractivity contribution < 1.29 is 9.53 Å². The number of benzene rings is 2. The zero-order valence-corrected chi connectivity index (χ0v) is 16.6. The Bertz CT molecular complexity index is 1120. The lowest BCUT2D eigenvalue weighted by Gasteiger charge is -2.06. The van der Waals surface area contributed by atoms with Gasteiger partial charge in [-0.3, -0.25) is 10.1 Å². The van der Waals surface area contributed by atoms with E-state index in [0.717, 1.165) is 22.6 Å². The van der Waals surface area contributed by atoms with Crippen LogP contribution in [0.4, 0.5) is 5.95 Å². The number of fused-ring (bicyclic) bond motifs is 1. The maximum Gasteiger partial charge on any atom is 0.250 e. The fraction of sp³-hybridized carbons (Fsp3) is 0.150. The van der Waals surface area contributed by atoms with Gasteiger partial charge in [-0.05, 0) is 36.2 Å². The first kappa shape index (κ1) is 18.5. The molecular formula is C20H17ClN4O2S. The van der Waals surface area contributed by atoms with Gasteiger partial charge in [-0.25, -0.2) is 4.52 Å². The van der Waals surface area contributed by atoms with E-state index >= 15 is 0 Å². The van der Waals surface area contributed by atoms with Crippen molar-refractivity contribution in [1.29, 1.82) is 0 Å². The van der Waals surface area contributed by atoms with Crippen LogP contribution in [0, 0.1) is 0 Å². The van der Waals surface area contributed by atoms with Gasteiger partial charge >= 0.3 is 0 Å². The van der Waals surface area contributed by atoms with E-state index < -0.39 is 0 Å². The molecular weight excluding hydrogens is 396 g/mol. The predicted molar refractivity (Wildman–Crippen MR) is 111 cm³/mol. The SMILES string of the molecule is COc1ccccc1-c1csc2nc(NC(=O)CCc3ccc(Cl)cc3)nn12. The molecule has 0 bridgehead atoms. The number of thiazole rings is 1. The number of halogens is 1. The minimum atomic E-state index is -0.132. The van der Waals surface area contributed by atoms with E-state index in [1.165, 1.54) is 11.3 Å². The van der Waals surface area contributed by atoms with Crippen LogP contribution < -0.4 is 10.1 Å². The number of ether oxygens (including phenoxy) is 1. The van der Waals surface area contributed by atoms with Gasteiger partial charge in [-0.15, -0.1) is 16.4 Å². The third kappa shape index (κ3) is 3.85. The molecule has 0 aliphatic rings. The molecule has 1 N–H and O–H groups in total. The van der Waals surface area contributed by atoms with Crippen molar-refractivity contribution in [2.45, 2.75) is 12.8 Å². The van der Waals surface area contributed by atoms with Crippen LogP contribution in [0.5, 0.6) is 5.75 Å². The van der Waals surface area contributed by atoms with Gasteiger partial charge in [0.2, 0.25) is 16.8 Å². The van der Waals surface area contributed by atoms with Crippen LogP contribution in [0.2, 0.25) is 5.02 Å². The number of nitrogens with zero attached hydrogens (tertiary/aromatic N) is 3. The van der Waals surface area contributed by atoms with Gasteiger partial charge in [0.1, 0.15) is 5.75 Å². The van der Waals surface area contributed by atoms with Crippen LogP contribution in [-0.2, 0) is 11.2 Å². The summed E-state index contributed by atoms with van der Waals surface area (Å²) in [6.07, 6.45) is 0.964. The first-order chi connectivity index (χ1) is 13.6. The highest BCUT2D eigenvalue weighted by Gasteiger charge is 2.15. The average Bonchev–Trinajstić information content (AvgIpc) is 3.27. The molecule has 0 saturated carbocycles. The van der Waals surface area contributed by atoms with Crippen molar-refractivity contribution >= 4 is 39.8 Å². The van der Waals surface area contributed by atoms with Crippen LogP contribution in [0.1, 0.15) is 12.0 Å². The number of aryl methyl sites for hydroxylation is 1. The second kappa shape index (κ2) is 8.00. The monoisotopic (exact) mass is 412 g/mol. The van der Waals surface area contributed by atoms with E-state index in [-0.39, 0.29) is 5.91 Å². The van der Waals surface area contributed by atoms with E-state index in [1.807, 2.05) is 53.9 Å². The summed E-state index contributed by atoms with van der Waals surface area (Å²) in [5.74, 6) is 0.919. The number of amides is 1. The number of methoxy groups -OCH3 is 1. The number of para-hydroxylation sites is 1. The second-order valence-corrected chi connectivity index (χ2v) is 7.40. The van der Waals surface area contributed by atoms with Gasteiger partial charge in [-0.1, -0.05) is 35.9 Å². The van der Waals surface area contributed by atoms with Crippen molar-refractivity contribution in [2.75, 3.05) is 12.4 Å². The zero-order valence-electron chi connectivity index (χ0n) is 15.1. The van der Waals surface area contributed by atoms with Crippen molar-refractivity contribution in [3.05, 3.63) is 64.5 Å². The molecule has 0 fully saturated rings. The number of anilines is 1. The molecule has 0 aliphatic carbocycles. The van der Waals surface area contributed by atoms with Crippen molar-refractivity contribution in [2.24, 2.45) is 0 Å². The van der Waals surface area contributed by atoms with Crippen LogP contribution in [0.25, 0.3) is 16.2 Å². The first-order valence-corrected chi connectivity index (χ1v) is 9.92. The average molecular weight is 413 g/mol. The van der Waals surface area contributed by atoms with Crippen molar-refractivity contribution in [3.63, 3.8) is 0 Å². The number of aromatic nitrogens is 3. The zero-order chi connectivity index (χ0) is 19.5. The highest BCUT2D eigenvalue weighted by Crippen LogP contribution is 2.32. The van der Waals surface area contributed by atoms with Crippen LogP contribution in [0.15, 0.2) is 53.9 Å². The number of hydrogen-bond donors (Lipinski definition) is 1. The maximum absolute atomic E-state index is 12.3. The minimum Gasteiger partial charge on any atom is -0.496 e. The number of carbonyl (C=O) groups excluding carboxylic acids is 1. The normalized spacial score (nSPS) is 10.9. The molecule has 0 unspecified atom stereocenters. The molecule has 2 aromatic carbocycles. The lowest BCUT2D eigenvalue weighted by molar-refractivity contribution is -0.116. The van der Waals surface area contributed by atoms with Crippen LogP contribution in [0.3, 0.4) is 0 Å². The smallest absolute Gasteiger partial charge is 0.250 e. The standard InChI is InChI=1S/C20H17ClN4O2S/c1-27-17-5-3-2-4-15(17)16-12-28-20-23-19(24-25(16)20)22-18(26)11-8-13-6-9-14(21)10-7-13/h2-7,9-10,12H,8,11H2,1H3,(H,22,24,26). The Hall–Kier alpha value is -2.90. The molecule has 2 aromatic heterocycles. The Morgan fingerprint density at radius 1 is 1.21 bits per heavy atom. The summed E-state index contributed by atoms with van der Waals surface area (Å²) in [5, 5.41) is 9.87. The van der Waals surface area contributed by atoms with Gasteiger partial charge in [0.25, 0.3) is 0 Å². The summed E-state index contributed by atoms with van der Waals surface area (Å²) in [5.41, 5.74) is 2.84. The van der Waals surface area contributed by atoms with E-state index in [9.17, 15) is 4.79 Å². The fourth-order valence-electron chi connectivity index (χ4n) is 2.87. The summed E-state index contributed by atoms with van der Waals surface area (Å²) in [6.45, 7) is 0. The van der Waals surface area contributed by atoms with Crippen LogP contribution in [-0.4, -0.2) is 27.6 Å². The molecule has 0 spiro atoms. The van der Waals surface area contributed by atoms with Gasteiger partial charge in [0.05, 0.1) is 12.8 Å². The van der Waals surface area contributed by atoms with Crippen molar-refractivity contribution in [3.8, 4) is 17.0 Å². The summed E-state index contributed by atoms with van der Waals surface area (Å²) in [7, 11) is 1.63. The summed E-state index contributed by atoms with van der Waals surface area (Å²) in [4.78, 5) is 17.4. The Kier molecular flexibility index (Phi) is 5.27. The Balaban J connectivity index is 1.48. The topological polar surface area (TPSA) is 68.5 Å². The summed E-state index contributed by atoms with van der Waals surface area (Å²) < 4.78 is 7.16. The minimum absolute atomic E-state index is 0.132. The van der Waals surface area contributed by atoms with Gasteiger partial charge < -0.3 is 4.74 Å². The lowest BCUT2D eigenvalue weighted by atomic mass is 10.1. The van der Waals surface area contributed by atoms with Gasteiger partial charge in [-0.2, -0.15) is 4.98 Å². The Morgan fingerprint density at radius 3 is 2.79 bits per heavy atom. The maximum atomic E-state index is 12.3. The highest BCUT2D eigenvalue weighted by atomic mass is 35.5. The quantitative estimate of drug-likeness (QED) is 0.498. The molecule has 142 valence electrons. The molecule has 0 atom stereocenters. The number of carbonyl (C=O) groups is 1. The molecule has 0 aliphatic heterocycles. The molecule has 6 nitrogen and oxygen atoms in total. The predicted octanol–water partition coefficient (Wildman–Crippen LogP) is 4.69. The van der Waals surface area contributed by atoms with E-state index in [0.29, 0.717) is 28.8 Å². The third-order valence-corrected chi connectivity index (χ3v) is 5.34. The van der Waals surface area contributed by atoms with E-state index in [2.05, 4.69) is 15.4 Å². The first-order valence-electron chi connectivity index (χ1n) is 8.66. The highest BCUT2D eigenvalue weighted by molar-refractivity contribution is 7.15.